The van der Waals surface area contributed by atoms with Crippen molar-refractivity contribution in [2.45, 2.75) is 32.7 Å². The number of halogens is 1. The molecule has 0 aliphatic rings. The maximum absolute atomic E-state index is 13.6. The van der Waals surface area contributed by atoms with Crippen LogP contribution in [-0.2, 0) is 0 Å². The molecule has 0 saturated heterocycles. The molecule has 0 spiro atoms. The largest absolute Gasteiger partial charge is 0.478 e. The van der Waals surface area contributed by atoms with Gasteiger partial charge in [0.1, 0.15) is 5.82 Å². The minimum Gasteiger partial charge on any atom is -0.478 e. The summed E-state index contributed by atoms with van der Waals surface area (Å²) < 4.78 is 13.6. The molecule has 0 aliphatic carbocycles. The Morgan fingerprint density at radius 3 is 2.42 bits per heavy atom. The average molecular weight is 268 g/mol. The van der Waals surface area contributed by atoms with E-state index in [9.17, 15) is 14.0 Å². The number of aromatic carboxylic acids is 1. The van der Waals surface area contributed by atoms with E-state index in [2.05, 4.69) is 10.6 Å². The van der Waals surface area contributed by atoms with Crippen molar-refractivity contribution in [1.82, 2.24) is 5.32 Å². The van der Waals surface area contributed by atoms with Crippen molar-refractivity contribution >= 4 is 17.7 Å². The van der Waals surface area contributed by atoms with Crippen LogP contribution in [-0.4, -0.2) is 23.1 Å². The van der Waals surface area contributed by atoms with Gasteiger partial charge in [0.05, 0.1) is 11.3 Å². The second-order valence-corrected chi connectivity index (χ2v) is 4.11. The van der Waals surface area contributed by atoms with Gasteiger partial charge in [0, 0.05) is 6.04 Å². The molecule has 0 radical (unpaired) electrons. The summed E-state index contributed by atoms with van der Waals surface area (Å²) in [6.45, 7) is 3.88. The average Bonchev–Trinajstić information content (AvgIpc) is 2.38. The van der Waals surface area contributed by atoms with Gasteiger partial charge < -0.3 is 15.7 Å². The molecule has 104 valence electrons. The molecule has 0 fully saturated rings. The Labute approximate surface area is 110 Å². The monoisotopic (exact) mass is 268 g/mol. The van der Waals surface area contributed by atoms with E-state index in [1.807, 2.05) is 13.8 Å². The van der Waals surface area contributed by atoms with Crippen molar-refractivity contribution in [2.75, 3.05) is 5.32 Å². The fourth-order valence-corrected chi connectivity index (χ4v) is 1.59. The molecule has 0 aromatic heterocycles. The summed E-state index contributed by atoms with van der Waals surface area (Å²) in [6, 6.07) is 2.86. The minimum absolute atomic E-state index is 0.0290. The number of carbonyl (C=O) groups is 2. The standard InChI is InChI=1S/C13H17FN2O3/c1-3-9(4-2)15-13(19)16-11-6-5-8(12(17)18)7-10(11)14/h5-7,9H,3-4H2,1-2H3,(H,17,18)(H2,15,16,19). The lowest BCUT2D eigenvalue weighted by atomic mass is 10.2. The van der Waals surface area contributed by atoms with Gasteiger partial charge in [-0.15, -0.1) is 0 Å². The lowest BCUT2D eigenvalue weighted by molar-refractivity contribution is 0.0696. The van der Waals surface area contributed by atoms with E-state index < -0.39 is 17.8 Å². The zero-order valence-electron chi connectivity index (χ0n) is 10.9. The second-order valence-electron chi connectivity index (χ2n) is 4.11. The molecule has 2 amide bonds. The van der Waals surface area contributed by atoms with E-state index in [1.54, 1.807) is 0 Å². The maximum atomic E-state index is 13.6. The minimum atomic E-state index is -1.22. The Hall–Kier alpha value is -2.11. The van der Waals surface area contributed by atoms with Gasteiger partial charge in [-0.2, -0.15) is 0 Å². The van der Waals surface area contributed by atoms with Gasteiger partial charge in [0.25, 0.3) is 0 Å². The zero-order chi connectivity index (χ0) is 14.4. The van der Waals surface area contributed by atoms with Crippen LogP contribution in [0.3, 0.4) is 0 Å². The molecule has 1 aromatic rings. The van der Waals surface area contributed by atoms with Crippen molar-refractivity contribution < 1.29 is 19.1 Å². The van der Waals surface area contributed by atoms with Crippen LogP contribution in [0.1, 0.15) is 37.0 Å². The smallest absolute Gasteiger partial charge is 0.335 e. The third-order valence-electron chi connectivity index (χ3n) is 2.79. The third-order valence-corrected chi connectivity index (χ3v) is 2.79. The van der Waals surface area contributed by atoms with Gasteiger partial charge in [0.15, 0.2) is 0 Å². The third kappa shape index (κ3) is 4.24. The molecule has 6 heteroatoms. The first kappa shape index (κ1) is 14.9. The van der Waals surface area contributed by atoms with E-state index in [4.69, 9.17) is 5.11 Å². The van der Waals surface area contributed by atoms with Gasteiger partial charge in [-0.05, 0) is 31.0 Å². The number of nitrogens with one attached hydrogen (secondary N) is 2. The zero-order valence-corrected chi connectivity index (χ0v) is 10.9. The van der Waals surface area contributed by atoms with E-state index in [0.717, 1.165) is 18.9 Å². The van der Waals surface area contributed by atoms with Crippen molar-refractivity contribution in [3.63, 3.8) is 0 Å². The van der Waals surface area contributed by atoms with Gasteiger partial charge in [-0.3, -0.25) is 0 Å². The number of hydrogen-bond donors (Lipinski definition) is 3. The Balaban J connectivity index is 2.72. The topological polar surface area (TPSA) is 78.4 Å². The lowest BCUT2D eigenvalue weighted by Crippen LogP contribution is -2.37. The van der Waals surface area contributed by atoms with Crippen LogP contribution in [0.4, 0.5) is 14.9 Å². The number of rotatable bonds is 5. The molecule has 0 bridgehead atoms. The van der Waals surface area contributed by atoms with Gasteiger partial charge in [-0.25, -0.2) is 14.0 Å². The first-order chi connectivity index (χ1) is 8.97. The number of hydrogen-bond acceptors (Lipinski definition) is 2. The van der Waals surface area contributed by atoms with Gasteiger partial charge in [0.2, 0.25) is 0 Å². The number of carbonyl (C=O) groups excluding carboxylic acids is 1. The molecule has 19 heavy (non-hydrogen) atoms. The normalized spacial score (nSPS) is 10.3. The molecule has 3 N–H and O–H groups in total. The first-order valence-corrected chi connectivity index (χ1v) is 6.08. The van der Waals surface area contributed by atoms with Crippen LogP contribution in [0.5, 0.6) is 0 Å². The second kappa shape index (κ2) is 6.72. The Kier molecular flexibility index (Phi) is 5.29. The Bertz CT molecular complexity index is 473. The fraction of sp³-hybridized carbons (Fsp3) is 0.385. The van der Waals surface area contributed by atoms with Crippen LogP contribution < -0.4 is 10.6 Å². The van der Waals surface area contributed by atoms with E-state index in [0.29, 0.717) is 0 Å². The van der Waals surface area contributed by atoms with Crippen LogP contribution in [0.2, 0.25) is 0 Å². The summed E-state index contributed by atoms with van der Waals surface area (Å²) in [4.78, 5) is 22.2. The van der Waals surface area contributed by atoms with Crippen molar-refractivity contribution in [3.8, 4) is 0 Å². The predicted octanol–water partition coefficient (Wildman–Crippen LogP) is 2.83. The molecular formula is C13H17FN2O3. The summed E-state index contributed by atoms with van der Waals surface area (Å²) in [7, 11) is 0. The molecular weight excluding hydrogens is 251 g/mol. The van der Waals surface area contributed by atoms with Gasteiger partial charge >= 0.3 is 12.0 Å². The summed E-state index contributed by atoms with van der Waals surface area (Å²) >= 11 is 0. The number of carboxylic acid groups (broad SMARTS) is 1. The fourth-order valence-electron chi connectivity index (χ4n) is 1.59. The van der Waals surface area contributed by atoms with Crippen LogP contribution in [0, 0.1) is 5.82 Å². The Morgan fingerprint density at radius 1 is 1.32 bits per heavy atom. The maximum Gasteiger partial charge on any atom is 0.335 e. The molecule has 0 atom stereocenters. The summed E-state index contributed by atoms with van der Waals surface area (Å²) in [5, 5.41) is 13.8. The van der Waals surface area contributed by atoms with E-state index in [-0.39, 0.29) is 17.3 Å². The highest BCUT2D eigenvalue weighted by atomic mass is 19.1. The summed E-state index contributed by atoms with van der Waals surface area (Å²) in [5.41, 5.74) is -0.211. The number of benzene rings is 1. The lowest BCUT2D eigenvalue weighted by Gasteiger charge is -2.15. The van der Waals surface area contributed by atoms with Crippen molar-refractivity contribution in [1.29, 1.82) is 0 Å². The molecule has 0 aliphatic heterocycles. The molecule has 0 heterocycles. The van der Waals surface area contributed by atoms with Crippen molar-refractivity contribution in [2.24, 2.45) is 0 Å². The van der Waals surface area contributed by atoms with E-state index in [1.165, 1.54) is 12.1 Å². The Morgan fingerprint density at radius 2 is 1.95 bits per heavy atom. The van der Waals surface area contributed by atoms with Crippen LogP contribution >= 0.6 is 0 Å². The highest BCUT2D eigenvalue weighted by molar-refractivity contribution is 5.91. The molecule has 1 aromatic carbocycles. The summed E-state index contributed by atoms with van der Waals surface area (Å²) in [6.07, 6.45) is 1.56. The molecule has 1 rings (SSSR count). The molecule has 0 saturated carbocycles. The van der Waals surface area contributed by atoms with Gasteiger partial charge in [-0.1, -0.05) is 13.8 Å². The van der Waals surface area contributed by atoms with Crippen LogP contribution in [0.25, 0.3) is 0 Å². The quantitative estimate of drug-likeness (QED) is 0.768. The summed E-state index contributed by atoms with van der Waals surface area (Å²) in [5.74, 6) is -1.99. The number of urea groups is 1. The molecule has 5 nitrogen and oxygen atoms in total. The SMILES string of the molecule is CCC(CC)NC(=O)Nc1ccc(C(=O)O)cc1F. The highest BCUT2D eigenvalue weighted by Gasteiger charge is 2.12. The number of anilines is 1. The highest BCUT2D eigenvalue weighted by Crippen LogP contribution is 2.15. The number of carboxylic acids is 1. The predicted molar refractivity (Wildman–Crippen MR) is 69.9 cm³/mol. The number of amides is 2. The van der Waals surface area contributed by atoms with Crippen molar-refractivity contribution in [3.05, 3.63) is 29.6 Å². The van der Waals surface area contributed by atoms with E-state index >= 15 is 0 Å². The van der Waals surface area contributed by atoms with Crippen LogP contribution in [0.15, 0.2) is 18.2 Å². The first-order valence-electron chi connectivity index (χ1n) is 6.08. The molecule has 0 unspecified atom stereocenters.